The highest BCUT2D eigenvalue weighted by atomic mass is 16.3. The van der Waals surface area contributed by atoms with Gasteiger partial charge >= 0.3 is 0 Å². The summed E-state index contributed by atoms with van der Waals surface area (Å²) in [6.07, 6.45) is 7.36. The van der Waals surface area contributed by atoms with Gasteiger partial charge in [0.2, 0.25) is 11.9 Å². The number of aliphatic hydroxyl groups is 1. The van der Waals surface area contributed by atoms with E-state index in [-0.39, 0.29) is 12.6 Å². The highest BCUT2D eigenvalue weighted by molar-refractivity contribution is 5.88. The smallest absolute Gasteiger partial charge is 0.225 e. The van der Waals surface area contributed by atoms with E-state index in [1.54, 1.807) is 12.4 Å². The van der Waals surface area contributed by atoms with Crippen LogP contribution < -0.4 is 16.4 Å². The van der Waals surface area contributed by atoms with Crippen LogP contribution in [-0.4, -0.2) is 60.8 Å². The molecule has 10 nitrogen and oxygen atoms in total. The molecular formula is C17H23N9O. The van der Waals surface area contributed by atoms with Crippen molar-refractivity contribution in [2.75, 3.05) is 37.3 Å². The molecule has 3 aromatic rings. The number of rotatable bonds is 6. The molecular weight excluding hydrogens is 346 g/mol. The van der Waals surface area contributed by atoms with Crippen LogP contribution >= 0.6 is 0 Å². The SMILES string of the molecule is Nc1ncc(-c2nc(NCCO)nc3c2ncn3CC2CCNCC2)cn1. The van der Waals surface area contributed by atoms with E-state index >= 15 is 0 Å². The molecule has 3 aromatic heterocycles. The third-order valence-electron chi connectivity index (χ3n) is 4.72. The summed E-state index contributed by atoms with van der Waals surface area (Å²) in [5, 5.41) is 15.5. The van der Waals surface area contributed by atoms with E-state index in [9.17, 15) is 0 Å². The van der Waals surface area contributed by atoms with Crippen molar-refractivity contribution in [2.45, 2.75) is 19.4 Å². The van der Waals surface area contributed by atoms with E-state index in [1.165, 1.54) is 0 Å². The average molecular weight is 369 g/mol. The lowest BCUT2D eigenvalue weighted by Gasteiger charge is -2.22. The Balaban J connectivity index is 1.75. The summed E-state index contributed by atoms with van der Waals surface area (Å²) in [6, 6.07) is 0. The molecule has 0 aromatic carbocycles. The summed E-state index contributed by atoms with van der Waals surface area (Å²) < 4.78 is 2.08. The number of hydrogen-bond acceptors (Lipinski definition) is 9. The molecule has 142 valence electrons. The largest absolute Gasteiger partial charge is 0.395 e. The van der Waals surface area contributed by atoms with Gasteiger partial charge in [0, 0.05) is 31.0 Å². The standard InChI is InChI=1S/C17H23N9O/c18-16-21-7-12(8-22-16)13-14-15(25-17(24-13)20-5-6-27)26(10-23-14)9-11-1-3-19-4-2-11/h7-8,10-11,19,27H,1-6,9H2,(H2,18,21,22)(H,20,24,25). The number of fused-ring (bicyclic) bond motifs is 1. The lowest BCUT2D eigenvalue weighted by Crippen LogP contribution is -2.29. The Kier molecular flexibility index (Phi) is 5.07. The highest BCUT2D eigenvalue weighted by Gasteiger charge is 2.19. The zero-order valence-corrected chi connectivity index (χ0v) is 15.0. The third kappa shape index (κ3) is 3.81. The number of hydrogen-bond donors (Lipinski definition) is 4. The summed E-state index contributed by atoms with van der Waals surface area (Å²) >= 11 is 0. The van der Waals surface area contributed by atoms with Gasteiger partial charge in [-0.1, -0.05) is 0 Å². The molecule has 0 saturated carbocycles. The summed E-state index contributed by atoms with van der Waals surface area (Å²) in [4.78, 5) is 21.9. The van der Waals surface area contributed by atoms with E-state index in [2.05, 4.69) is 40.1 Å². The van der Waals surface area contributed by atoms with Gasteiger partial charge in [-0.15, -0.1) is 0 Å². The third-order valence-corrected chi connectivity index (χ3v) is 4.72. The maximum Gasteiger partial charge on any atom is 0.225 e. The van der Waals surface area contributed by atoms with Crippen LogP contribution in [0.15, 0.2) is 18.7 Å². The first-order valence-corrected chi connectivity index (χ1v) is 9.11. The van der Waals surface area contributed by atoms with Crippen LogP contribution in [0.2, 0.25) is 0 Å². The number of anilines is 2. The number of aromatic nitrogens is 6. The summed E-state index contributed by atoms with van der Waals surface area (Å²) in [6.45, 7) is 3.32. The van der Waals surface area contributed by atoms with E-state index in [0.29, 0.717) is 29.6 Å². The minimum absolute atomic E-state index is 0.00392. The molecule has 1 fully saturated rings. The first kappa shape index (κ1) is 17.6. The lowest BCUT2D eigenvalue weighted by molar-refractivity contribution is 0.311. The Morgan fingerprint density at radius 1 is 1.19 bits per heavy atom. The topological polar surface area (TPSA) is 140 Å². The molecule has 0 radical (unpaired) electrons. The average Bonchev–Trinajstić information content (AvgIpc) is 3.10. The predicted molar refractivity (Wildman–Crippen MR) is 102 cm³/mol. The first-order chi connectivity index (χ1) is 13.2. The molecule has 5 N–H and O–H groups in total. The number of piperidine rings is 1. The van der Waals surface area contributed by atoms with Gasteiger partial charge in [-0.05, 0) is 31.8 Å². The van der Waals surface area contributed by atoms with Gasteiger partial charge in [0.1, 0.15) is 11.2 Å². The molecule has 0 aliphatic carbocycles. The molecule has 1 aliphatic rings. The van der Waals surface area contributed by atoms with Crippen molar-refractivity contribution in [1.29, 1.82) is 0 Å². The minimum atomic E-state index is -0.00392. The van der Waals surface area contributed by atoms with Crippen LogP contribution in [0.3, 0.4) is 0 Å². The number of nitrogen functional groups attached to an aromatic ring is 1. The van der Waals surface area contributed by atoms with Crippen molar-refractivity contribution in [3.8, 4) is 11.3 Å². The van der Waals surface area contributed by atoms with Crippen LogP contribution in [0.4, 0.5) is 11.9 Å². The normalized spacial score (nSPS) is 15.3. The Morgan fingerprint density at radius 2 is 1.96 bits per heavy atom. The van der Waals surface area contributed by atoms with E-state index in [0.717, 1.165) is 43.7 Å². The predicted octanol–water partition coefficient (Wildman–Crippen LogP) is 0.269. The van der Waals surface area contributed by atoms with Crippen LogP contribution in [0.25, 0.3) is 22.4 Å². The van der Waals surface area contributed by atoms with Crippen LogP contribution in [-0.2, 0) is 6.54 Å². The van der Waals surface area contributed by atoms with Crippen molar-refractivity contribution < 1.29 is 5.11 Å². The summed E-state index contributed by atoms with van der Waals surface area (Å²) in [7, 11) is 0. The summed E-state index contributed by atoms with van der Waals surface area (Å²) in [5.74, 6) is 1.24. The quantitative estimate of drug-likeness (QED) is 0.482. The van der Waals surface area contributed by atoms with Crippen molar-refractivity contribution in [1.82, 2.24) is 34.8 Å². The van der Waals surface area contributed by atoms with Gasteiger partial charge in [0.15, 0.2) is 5.65 Å². The molecule has 27 heavy (non-hydrogen) atoms. The maximum atomic E-state index is 9.11. The molecule has 0 spiro atoms. The van der Waals surface area contributed by atoms with Crippen molar-refractivity contribution in [3.05, 3.63) is 18.7 Å². The molecule has 0 unspecified atom stereocenters. The minimum Gasteiger partial charge on any atom is -0.395 e. The van der Waals surface area contributed by atoms with Crippen LogP contribution in [0.1, 0.15) is 12.8 Å². The molecule has 0 atom stereocenters. The lowest BCUT2D eigenvalue weighted by atomic mass is 9.98. The Bertz CT molecular complexity index is 903. The van der Waals surface area contributed by atoms with Gasteiger partial charge in [0.25, 0.3) is 0 Å². The molecule has 1 saturated heterocycles. The second-order valence-electron chi connectivity index (χ2n) is 6.64. The number of nitrogens with one attached hydrogen (secondary N) is 2. The van der Waals surface area contributed by atoms with Crippen molar-refractivity contribution in [2.24, 2.45) is 5.92 Å². The van der Waals surface area contributed by atoms with Gasteiger partial charge in [-0.2, -0.15) is 4.98 Å². The zero-order chi connectivity index (χ0) is 18.6. The molecule has 4 heterocycles. The second-order valence-corrected chi connectivity index (χ2v) is 6.64. The fourth-order valence-corrected chi connectivity index (χ4v) is 3.33. The molecule has 1 aliphatic heterocycles. The second kappa shape index (κ2) is 7.80. The fraction of sp³-hybridized carbons (Fsp3) is 0.471. The number of aliphatic hydroxyl groups excluding tert-OH is 1. The Morgan fingerprint density at radius 3 is 2.70 bits per heavy atom. The first-order valence-electron chi connectivity index (χ1n) is 9.11. The number of imidazole rings is 1. The van der Waals surface area contributed by atoms with E-state index in [1.807, 2.05) is 6.33 Å². The molecule has 0 amide bonds. The molecule has 0 bridgehead atoms. The maximum absolute atomic E-state index is 9.11. The van der Waals surface area contributed by atoms with Gasteiger partial charge in [-0.3, -0.25) is 0 Å². The van der Waals surface area contributed by atoms with Gasteiger partial charge in [-0.25, -0.2) is 19.9 Å². The highest BCUT2D eigenvalue weighted by Crippen LogP contribution is 2.27. The number of nitrogens with two attached hydrogens (primary N) is 1. The van der Waals surface area contributed by atoms with Crippen LogP contribution in [0, 0.1) is 5.92 Å². The monoisotopic (exact) mass is 369 g/mol. The van der Waals surface area contributed by atoms with Crippen LogP contribution in [0.5, 0.6) is 0 Å². The Labute approximate surface area is 156 Å². The zero-order valence-electron chi connectivity index (χ0n) is 15.0. The van der Waals surface area contributed by atoms with Gasteiger partial charge < -0.3 is 26.0 Å². The van der Waals surface area contributed by atoms with E-state index in [4.69, 9.17) is 10.8 Å². The van der Waals surface area contributed by atoms with E-state index < -0.39 is 0 Å². The van der Waals surface area contributed by atoms with Crippen molar-refractivity contribution >= 4 is 23.1 Å². The van der Waals surface area contributed by atoms with Gasteiger partial charge in [0.05, 0.1) is 12.9 Å². The Hall–Kier alpha value is -2.85. The number of nitrogens with zero attached hydrogens (tertiary/aromatic N) is 6. The van der Waals surface area contributed by atoms with Crippen molar-refractivity contribution in [3.63, 3.8) is 0 Å². The molecule has 10 heteroatoms. The fourth-order valence-electron chi connectivity index (χ4n) is 3.33. The summed E-state index contributed by atoms with van der Waals surface area (Å²) in [5.41, 5.74) is 8.42. The molecule has 4 rings (SSSR count).